The van der Waals surface area contributed by atoms with Crippen LogP contribution in [0.2, 0.25) is 5.02 Å². The van der Waals surface area contributed by atoms with Gasteiger partial charge in [-0.3, -0.25) is 0 Å². The molecule has 0 bridgehead atoms. The number of halogens is 2. The van der Waals surface area contributed by atoms with Gasteiger partial charge in [-0.2, -0.15) is 0 Å². The number of ether oxygens (including phenoxy) is 1. The first-order chi connectivity index (χ1) is 16.6. The van der Waals surface area contributed by atoms with E-state index in [0.29, 0.717) is 28.9 Å². The Labute approximate surface area is 205 Å². The first-order valence-corrected chi connectivity index (χ1v) is 12.6. The Morgan fingerprint density at radius 1 is 0.794 bits per heavy atom. The molecule has 0 aliphatic heterocycles. The van der Waals surface area contributed by atoms with Crippen molar-refractivity contribution >= 4 is 22.7 Å². The molecule has 4 aromatic rings. The lowest BCUT2D eigenvalue weighted by Gasteiger charge is -2.09. The molecule has 0 aliphatic rings. The van der Waals surface area contributed by atoms with Crippen LogP contribution in [0.1, 0.15) is 58.3 Å². The van der Waals surface area contributed by atoms with Gasteiger partial charge >= 0.3 is 0 Å². The van der Waals surface area contributed by atoms with Gasteiger partial charge in [-0.05, 0) is 60.0 Å². The molecule has 0 amide bonds. The average molecular weight is 480 g/mol. The highest BCUT2D eigenvalue weighted by Gasteiger charge is 2.10. The van der Waals surface area contributed by atoms with Gasteiger partial charge in [0.1, 0.15) is 5.52 Å². The van der Waals surface area contributed by atoms with Crippen LogP contribution < -0.4 is 4.74 Å². The second-order valence-electron chi connectivity index (χ2n) is 8.68. The number of hydrogen-bond acceptors (Lipinski definition) is 3. The van der Waals surface area contributed by atoms with Crippen LogP contribution in [0.5, 0.6) is 5.75 Å². The zero-order chi connectivity index (χ0) is 23.8. The lowest BCUT2D eigenvalue weighted by Crippen LogP contribution is -1.99. The lowest BCUT2D eigenvalue weighted by molar-refractivity contribution is 0.290. The lowest BCUT2D eigenvalue weighted by atomic mass is 10.0. The van der Waals surface area contributed by atoms with E-state index < -0.39 is 0 Å². The number of oxazole rings is 1. The maximum atomic E-state index is 14.6. The largest absolute Gasteiger partial charge is 0.491 e. The molecule has 0 atom stereocenters. The fraction of sp³-hybridized carbons (Fsp3) is 0.345. The van der Waals surface area contributed by atoms with E-state index in [9.17, 15) is 4.39 Å². The zero-order valence-electron chi connectivity index (χ0n) is 19.7. The van der Waals surface area contributed by atoms with Crippen LogP contribution in [-0.2, 0) is 0 Å². The Morgan fingerprint density at radius 3 is 2.21 bits per heavy atom. The normalized spacial score (nSPS) is 11.3. The van der Waals surface area contributed by atoms with Crippen LogP contribution in [0.15, 0.2) is 65.1 Å². The van der Waals surface area contributed by atoms with Crippen molar-refractivity contribution in [1.82, 2.24) is 4.98 Å². The highest BCUT2D eigenvalue weighted by atomic mass is 35.5. The van der Waals surface area contributed by atoms with Crippen LogP contribution in [0, 0.1) is 5.82 Å². The highest BCUT2D eigenvalue weighted by Crippen LogP contribution is 2.30. The second-order valence-corrected chi connectivity index (χ2v) is 9.11. The summed E-state index contributed by atoms with van der Waals surface area (Å²) < 4.78 is 26.1. The predicted molar refractivity (Wildman–Crippen MR) is 138 cm³/mol. The van der Waals surface area contributed by atoms with E-state index in [2.05, 4.69) is 11.9 Å². The van der Waals surface area contributed by atoms with Gasteiger partial charge in [-0.25, -0.2) is 9.37 Å². The number of fused-ring (bicyclic) bond motifs is 1. The minimum absolute atomic E-state index is 0.313. The summed E-state index contributed by atoms with van der Waals surface area (Å²) in [6.07, 6.45) is 9.85. The summed E-state index contributed by atoms with van der Waals surface area (Å²) in [5.74, 6) is 0.505. The maximum Gasteiger partial charge on any atom is 0.227 e. The molecule has 1 aromatic heterocycles. The van der Waals surface area contributed by atoms with Crippen molar-refractivity contribution in [3.63, 3.8) is 0 Å². The molecule has 0 saturated carbocycles. The minimum Gasteiger partial charge on any atom is -0.491 e. The van der Waals surface area contributed by atoms with E-state index >= 15 is 0 Å². The summed E-state index contributed by atoms with van der Waals surface area (Å²) >= 11 is 6.03. The minimum atomic E-state index is -0.336. The van der Waals surface area contributed by atoms with Crippen LogP contribution in [0.25, 0.3) is 33.7 Å². The van der Waals surface area contributed by atoms with Crippen molar-refractivity contribution in [3.8, 4) is 28.3 Å². The quantitative estimate of drug-likeness (QED) is 0.190. The summed E-state index contributed by atoms with van der Waals surface area (Å²) in [6.45, 7) is 2.78. The number of hydrogen-bond donors (Lipinski definition) is 0. The second kappa shape index (κ2) is 12.0. The molecule has 3 aromatic carbocycles. The van der Waals surface area contributed by atoms with Crippen molar-refractivity contribution in [2.24, 2.45) is 0 Å². The van der Waals surface area contributed by atoms with Crippen LogP contribution in [0.4, 0.5) is 4.39 Å². The Hall–Kier alpha value is -2.85. The Bertz CT molecular complexity index is 1200. The molecule has 178 valence electrons. The predicted octanol–water partition coefficient (Wildman–Crippen LogP) is 9.47. The maximum absolute atomic E-state index is 14.6. The number of rotatable bonds is 12. The summed E-state index contributed by atoms with van der Waals surface area (Å²) in [6, 6.07) is 18.2. The molecule has 0 fully saturated rings. The van der Waals surface area contributed by atoms with Gasteiger partial charge in [0.2, 0.25) is 5.89 Å². The van der Waals surface area contributed by atoms with Crippen LogP contribution in [0.3, 0.4) is 0 Å². The third-order valence-corrected chi connectivity index (χ3v) is 6.24. The van der Waals surface area contributed by atoms with Gasteiger partial charge < -0.3 is 9.15 Å². The van der Waals surface area contributed by atoms with Gasteiger partial charge in [-0.1, -0.05) is 81.7 Å². The first kappa shape index (κ1) is 24.3. The van der Waals surface area contributed by atoms with E-state index in [1.165, 1.54) is 44.6 Å². The van der Waals surface area contributed by atoms with Gasteiger partial charge in [0.05, 0.1) is 6.61 Å². The Morgan fingerprint density at radius 2 is 1.47 bits per heavy atom. The monoisotopic (exact) mass is 479 g/mol. The van der Waals surface area contributed by atoms with Crippen LogP contribution in [-0.4, -0.2) is 11.6 Å². The van der Waals surface area contributed by atoms with E-state index in [4.69, 9.17) is 20.8 Å². The molecule has 0 radical (unpaired) electrons. The molecule has 0 spiro atoms. The van der Waals surface area contributed by atoms with E-state index in [0.717, 1.165) is 35.0 Å². The molecule has 0 unspecified atom stereocenters. The fourth-order valence-corrected chi connectivity index (χ4v) is 4.21. The SMILES string of the molecule is CCCCCCCCCCOc1ccc(-c2ccc(-c3nc4cc(Cl)ccc4o3)cc2)cc1F. The van der Waals surface area contributed by atoms with Crippen molar-refractivity contribution in [1.29, 1.82) is 0 Å². The van der Waals surface area contributed by atoms with Crippen molar-refractivity contribution < 1.29 is 13.5 Å². The van der Waals surface area contributed by atoms with Crippen molar-refractivity contribution in [2.75, 3.05) is 6.61 Å². The number of aromatic nitrogens is 1. The molecule has 5 heteroatoms. The third kappa shape index (κ3) is 6.38. The summed E-state index contributed by atoms with van der Waals surface area (Å²) in [4.78, 5) is 4.51. The molecular weight excluding hydrogens is 449 g/mol. The number of benzene rings is 3. The standard InChI is InChI=1S/C29H31ClFNO2/c1-2-3-4-5-6-7-8-9-18-33-27-16-14-23(19-25(27)31)21-10-12-22(13-11-21)29-32-26-20-24(30)15-17-28(26)34-29/h10-17,19-20H,2-9,18H2,1H3. The van der Waals surface area contributed by atoms with Crippen molar-refractivity contribution in [3.05, 3.63) is 71.5 Å². The Balaban J connectivity index is 1.30. The van der Waals surface area contributed by atoms with Crippen LogP contribution >= 0.6 is 11.6 Å². The summed E-state index contributed by atoms with van der Waals surface area (Å²) in [5.41, 5.74) is 3.97. The molecule has 0 saturated heterocycles. The molecule has 1 heterocycles. The molecule has 0 aliphatic carbocycles. The molecule has 0 N–H and O–H groups in total. The Kier molecular flexibility index (Phi) is 8.59. The first-order valence-electron chi connectivity index (χ1n) is 12.2. The summed E-state index contributed by atoms with van der Waals surface area (Å²) in [5, 5.41) is 0.620. The molecule has 4 rings (SSSR count). The number of unbranched alkanes of at least 4 members (excludes halogenated alkanes) is 7. The highest BCUT2D eigenvalue weighted by molar-refractivity contribution is 6.31. The zero-order valence-corrected chi connectivity index (χ0v) is 20.4. The topological polar surface area (TPSA) is 35.3 Å². The fourth-order valence-electron chi connectivity index (χ4n) is 4.04. The summed E-state index contributed by atoms with van der Waals surface area (Å²) in [7, 11) is 0. The third-order valence-electron chi connectivity index (χ3n) is 6.00. The number of nitrogens with zero attached hydrogens (tertiary/aromatic N) is 1. The van der Waals surface area contributed by atoms with E-state index in [1.807, 2.05) is 36.4 Å². The van der Waals surface area contributed by atoms with Gasteiger partial charge in [0.25, 0.3) is 0 Å². The average Bonchev–Trinajstić information content (AvgIpc) is 3.27. The van der Waals surface area contributed by atoms with Crippen molar-refractivity contribution in [2.45, 2.75) is 58.3 Å². The van der Waals surface area contributed by atoms with Gasteiger partial charge in [0.15, 0.2) is 17.1 Å². The molecule has 34 heavy (non-hydrogen) atoms. The van der Waals surface area contributed by atoms with Gasteiger partial charge in [-0.15, -0.1) is 0 Å². The molecular formula is C29H31ClFNO2. The van der Waals surface area contributed by atoms with Gasteiger partial charge in [0, 0.05) is 10.6 Å². The molecule has 3 nitrogen and oxygen atoms in total. The van der Waals surface area contributed by atoms with E-state index in [1.54, 1.807) is 18.2 Å². The van der Waals surface area contributed by atoms with E-state index in [-0.39, 0.29) is 5.82 Å². The smallest absolute Gasteiger partial charge is 0.227 e.